The second-order valence-electron chi connectivity index (χ2n) is 5.37. The number of benzene rings is 1. The number of nitrogens with one attached hydrogen (secondary N) is 1. The molecule has 0 atom stereocenters. The summed E-state index contributed by atoms with van der Waals surface area (Å²) >= 11 is 0. The molecule has 1 aliphatic carbocycles. The van der Waals surface area contributed by atoms with Crippen molar-refractivity contribution < 1.29 is 9.52 Å². The molecule has 1 fully saturated rings. The minimum absolute atomic E-state index is 0.159. The van der Waals surface area contributed by atoms with Gasteiger partial charge in [-0.3, -0.25) is 0 Å². The van der Waals surface area contributed by atoms with Gasteiger partial charge in [-0.05, 0) is 25.0 Å². The third kappa shape index (κ3) is 2.73. The lowest BCUT2D eigenvalue weighted by Crippen LogP contribution is -2.45. The Morgan fingerprint density at radius 3 is 2.60 bits per heavy atom. The van der Waals surface area contributed by atoms with Gasteiger partial charge in [0, 0.05) is 11.1 Å². The molecular formula is C15H19N3O2. The van der Waals surface area contributed by atoms with Gasteiger partial charge in [-0.15, -0.1) is 10.2 Å². The lowest BCUT2D eigenvalue weighted by molar-refractivity contribution is 0.159. The van der Waals surface area contributed by atoms with Crippen LogP contribution in [0, 0.1) is 0 Å². The molecule has 5 nitrogen and oxygen atoms in total. The number of aliphatic hydroxyl groups is 1. The quantitative estimate of drug-likeness (QED) is 0.873. The molecule has 1 aliphatic rings. The highest BCUT2D eigenvalue weighted by Gasteiger charge is 2.32. The smallest absolute Gasteiger partial charge is 0.247 e. The Bertz CT molecular complexity index is 547. The van der Waals surface area contributed by atoms with Crippen LogP contribution in [-0.4, -0.2) is 27.4 Å². The van der Waals surface area contributed by atoms with Crippen LogP contribution in [0.25, 0.3) is 11.5 Å². The first-order chi connectivity index (χ1) is 9.81. The fourth-order valence-electron chi connectivity index (χ4n) is 2.73. The van der Waals surface area contributed by atoms with E-state index in [1.807, 2.05) is 30.3 Å². The summed E-state index contributed by atoms with van der Waals surface area (Å²) in [5, 5.41) is 21.0. The maximum Gasteiger partial charge on any atom is 0.247 e. The van der Waals surface area contributed by atoms with E-state index in [-0.39, 0.29) is 12.1 Å². The molecule has 1 aromatic carbocycles. The van der Waals surface area contributed by atoms with Gasteiger partial charge >= 0.3 is 0 Å². The average Bonchev–Trinajstić information content (AvgIpc) is 3.16. The molecule has 20 heavy (non-hydrogen) atoms. The van der Waals surface area contributed by atoms with Crippen LogP contribution in [0.3, 0.4) is 0 Å². The fraction of sp³-hybridized carbons (Fsp3) is 0.467. The molecule has 0 amide bonds. The molecule has 1 saturated carbocycles. The van der Waals surface area contributed by atoms with Crippen molar-refractivity contribution in [1.29, 1.82) is 0 Å². The van der Waals surface area contributed by atoms with Gasteiger partial charge < -0.3 is 14.8 Å². The SMILES string of the molecule is OCC1(NCc2nnc(-c3ccccc3)o2)CCCC1. The minimum atomic E-state index is -0.165. The van der Waals surface area contributed by atoms with E-state index in [9.17, 15) is 5.11 Å². The van der Waals surface area contributed by atoms with E-state index in [4.69, 9.17) is 4.42 Å². The Morgan fingerprint density at radius 2 is 1.90 bits per heavy atom. The molecule has 0 unspecified atom stereocenters. The van der Waals surface area contributed by atoms with Gasteiger partial charge in [-0.2, -0.15) is 0 Å². The molecule has 1 aromatic heterocycles. The topological polar surface area (TPSA) is 71.2 Å². The lowest BCUT2D eigenvalue weighted by atomic mass is 9.99. The number of aromatic nitrogens is 2. The second-order valence-corrected chi connectivity index (χ2v) is 5.37. The zero-order valence-electron chi connectivity index (χ0n) is 11.4. The summed E-state index contributed by atoms with van der Waals surface area (Å²) in [6.45, 7) is 0.660. The summed E-state index contributed by atoms with van der Waals surface area (Å²) in [5.41, 5.74) is 0.755. The summed E-state index contributed by atoms with van der Waals surface area (Å²) in [7, 11) is 0. The maximum atomic E-state index is 9.55. The third-order valence-electron chi connectivity index (χ3n) is 3.97. The van der Waals surface area contributed by atoms with Crippen LogP contribution >= 0.6 is 0 Å². The molecule has 0 saturated heterocycles. The number of hydrogen-bond acceptors (Lipinski definition) is 5. The van der Waals surface area contributed by atoms with Crippen LogP contribution < -0.4 is 5.32 Å². The molecule has 0 aliphatic heterocycles. The fourth-order valence-corrected chi connectivity index (χ4v) is 2.73. The highest BCUT2D eigenvalue weighted by molar-refractivity contribution is 5.51. The number of hydrogen-bond donors (Lipinski definition) is 2. The first-order valence-electron chi connectivity index (χ1n) is 7.05. The van der Waals surface area contributed by atoms with E-state index < -0.39 is 0 Å². The molecule has 2 aromatic rings. The predicted molar refractivity (Wildman–Crippen MR) is 74.9 cm³/mol. The van der Waals surface area contributed by atoms with Gasteiger partial charge in [-0.25, -0.2) is 0 Å². The van der Waals surface area contributed by atoms with Crippen molar-refractivity contribution in [3.8, 4) is 11.5 Å². The maximum absolute atomic E-state index is 9.55. The average molecular weight is 273 g/mol. The standard InChI is InChI=1S/C15H19N3O2/c19-11-15(8-4-5-9-15)16-10-13-17-18-14(20-13)12-6-2-1-3-7-12/h1-3,6-7,16,19H,4-5,8-11H2. The molecule has 0 radical (unpaired) electrons. The monoisotopic (exact) mass is 273 g/mol. The van der Waals surface area contributed by atoms with E-state index in [1.165, 1.54) is 0 Å². The Labute approximate surface area is 118 Å². The third-order valence-corrected chi connectivity index (χ3v) is 3.97. The van der Waals surface area contributed by atoms with Crippen LogP contribution in [0.2, 0.25) is 0 Å². The van der Waals surface area contributed by atoms with Crippen LogP contribution in [0.5, 0.6) is 0 Å². The highest BCUT2D eigenvalue weighted by atomic mass is 16.4. The van der Waals surface area contributed by atoms with E-state index in [1.54, 1.807) is 0 Å². The normalized spacial score (nSPS) is 17.4. The summed E-state index contributed by atoms with van der Waals surface area (Å²) in [4.78, 5) is 0. The Balaban J connectivity index is 1.66. The van der Waals surface area contributed by atoms with Gasteiger partial charge in [0.25, 0.3) is 0 Å². The minimum Gasteiger partial charge on any atom is -0.419 e. The van der Waals surface area contributed by atoms with Crippen molar-refractivity contribution in [2.75, 3.05) is 6.61 Å². The molecule has 0 spiro atoms. The van der Waals surface area contributed by atoms with Crippen LogP contribution in [0.1, 0.15) is 31.6 Å². The zero-order valence-corrected chi connectivity index (χ0v) is 11.4. The van der Waals surface area contributed by atoms with Crippen molar-refractivity contribution in [3.63, 3.8) is 0 Å². The Hall–Kier alpha value is -1.72. The lowest BCUT2D eigenvalue weighted by Gasteiger charge is -2.27. The van der Waals surface area contributed by atoms with Crippen LogP contribution in [0.4, 0.5) is 0 Å². The number of rotatable bonds is 5. The molecular weight excluding hydrogens is 254 g/mol. The summed E-state index contributed by atoms with van der Waals surface area (Å²) in [6, 6.07) is 9.72. The van der Waals surface area contributed by atoms with E-state index in [2.05, 4.69) is 15.5 Å². The van der Waals surface area contributed by atoms with E-state index >= 15 is 0 Å². The highest BCUT2D eigenvalue weighted by Crippen LogP contribution is 2.29. The number of nitrogens with zero attached hydrogens (tertiary/aromatic N) is 2. The first-order valence-corrected chi connectivity index (χ1v) is 7.05. The van der Waals surface area contributed by atoms with Crippen molar-refractivity contribution in [1.82, 2.24) is 15.5 Å². The zero-order chi connectivity index (χ0) is 13.8. The second kappa shape index (κ2) is 5.73. The molecule has 106 valence electrons. The summed E-state index contributed by atoms with van der Waals surface area (Å²) in [5.74, 6) is 1.09. The van der Waals surface area contributed by atoms with Gasteiger partial charge in [0.05, 0.1) is 13.2 Å². The van der Waals surface area contributed by atoms with Gasteiger partial charge in [0.2, 0.25) is 11.8 Å². The molecule has 1 heterocycles. The summed E-state index contributed by atoms with van der Waals surface area (Å²) < 4.78 is 5.65. The van der Waals surface area contributed by atoms with Crippen molar-refractivity contribution in [2.45, 2.75) is 37.8 Å². The Morgan fingerprint density at radius 1 is 1.15 bits per heavy atom. The largest absolute Gasteiger partial charge is 0.419 e. The van der Waals surface area contributed by atoms with Crippen molar-refractivity contribution in [3.05, 3.63) is 36.2 Å². The van der Waals surface area contributed by atoms with Gasteiger partial charge in [0.1, 0.15) is 0 Å². The van der Waals surface area contributed by atoms with E-state index in [0.717, 1.165) is 31.2 Å². The molecule has 2 N–H and O–H groups in total. The first kappa shape index (κ1) is 13.3. The predicted octanol–water partition coefficient (Wildman–Crippen LogP) is 2.13. The van der Waals surface area contributed by atoms with E-state index in [0.29, 0.717) is 18.3 Å². The van der Waals surface area contributed by atoms with Gasteiger partial charge in [-0.1, -0.05) is 31.0 Å². The molecule has 0 bridgehead atoms. The van der Waals surface area contributed by atoms with Crippen molar-refractivity contribution in [2.24, 2.45) is 0 Å². The van der Waals surface area contributed by atoms with Crippen molar-refractivity contribution >= 4 is 0 Å². The van der Waals surface area contributed by atoms with Crippen LogP contribution in [0.15, 0.2) is 34.7 Å². The Kier molecular flexibility index (Phi) is 3.80. The van der Waals surface area contributed by atoms with Gasteiger partial charge in [0.15, 0.2) is 0 Å². The molecule has 3 rings (SSSR count). The van der Waals surface area contributed by atoms with Crippen LogP contribution in [-0.2, 0) is 6.54 Å². The number of aliphatic hydroxyl groups excluding tert-OH is 1. The summed E-state index contributed by atoms with van der Waals surface area (Å²) in [6.07, 6.45) is 4.33. The molecule has 5 heteroatoms.